The zero-order valence-electron chi connectivity index (χ0n) is 12.6. The zero-order valence-corrected chi connectivity index (χ0v) is 12.6. The van der Waals surface area contributed by atoms with Crippen LogP contribution in [0.4, 0.5) is 0 Å². The Bertz CT molecular complexity index is 739. The van der Waals surface area contributed by atoms with Gasteiger partial charge in [0.25, 0.3) is 0 Å². The van der Waals surface area contributed by atoms with Crippen LogP contribution in [0.1, 0.15) is 35.5 Å². The fourth-order valence-corrected chi connectivity index (χ4v) is 2.79. The fraction of sp³-hybridized carbons (Fsp3) is 0.294. The summed E-state index contributed by atoms with van der Waals surface area (Å²) < 4.78 is 5.24. The number of pyridine rings is 1. The summed E-state index contributed by atoms with van der Waals surface area (Å²) in [5, 5.41) is 9.96. The largest absolute Gasteiger partial charge is 0.361 e. The predicted molar refractivity (Wildman–Crippen MR) is 83.0 cm³/mol. The van der Waals surface area contributed by atoms with E-state index in [9.17, 15) is 0 Å². The molecule has 2 heterocycles. The number of rotatable bonds is 4. The highest BCUT2D eigenvalue weighted by Crippen LogP contribution is 2.22. The molecule has 0 saturated carbocycles. The van der Waals surface area contributed by atoms with Crippen molar-refractivity contribution in [3.05, 3.63) is 59.2 Å². The lowest BCUT2D eigenvalue weighted by molar-refractivity contribution is 0.390. The fourth-order valence-electron chi connectivity index (χ4n) is 2.79. The van der Waals surface area contributed by atoms with E-state index in [1.165, 1.54) is 16.3 Å². The maximum absolute atomic E-state index is 5.24. The van der Waals surface area contributed by atoms with Crippen molar-refractivity contribution in [2.45, 2.75) is 33.4 Å². The molecule has 0 bridgehead atoms. The van der Waals surface area contributed by atoms with Crippen LogP contribution in [0.15, 0.2) is 41.2 Å². The van der Waals surface area contributed by atoms with Crippen LogP contribution in [-0.2, 0) is 6.54 Å². The van der Waals surface area contributed by atoms with E-state index >= 15 is 0 Å². The number of aryl methyl sites for hydroxylation is 2. The Labute approximate surface area is 124 Å². The monoisotopic (exact) mass is 281 g/mol. The van der Waals surface area contributed by atoms with Crippen molar-refractivity contribution in [3.8, 4) is 0 Å². The first-order valence-electron chi connectivity index (χ1n) is 7.14. The van der Waals surface area contributed by atoms with Gasteiger partial charge in [-0.3, -0.25) is 4.98 Å². The third-order valence-electron chi connectivity index (χ3n) is 3.87. The van der Waals surface area contributed by atoms with E-state index in [1.54, 1.807) is 0 Å². The van der Waals surface area contributed by atoms with Gasteiger partial charge in [-0.15, -0.1) is 0 Å². The minimum absolute atomic E-state index is 0.190. The number of fused-ring (bicyclic) bond motifs is 1. The van der Waals surface area contributed by atoms with Crippen LogP contribution < -0.4 is 5.32 Å². The third kappa shape index (κ3) is 2.67. The number of hydrogen-bond donors (Lipinski definition) is 1. The number of aromatic nitrogens is 2. The summed E-state index contributed by atoms with van der Waals surface area (Å²) in [5.41, 5.74) is 3.29. The predicted octanol–water partition coefficient (Wildman–Crippen LogP) is 3.69. The molecule has 1 aromatic carbocycles. The number of nitrogens with one attached hydrogen (secondary N) is 1. The molecule has 0 fully saturated rings. The highest BCUT2D eigenvalue weighted by molar-refractivity contribution is 5.84. The standard InChI is InChI=1S/C17H19N3O/c1-11(17-12(2)20-21-13(17)3)19-10-15-9-18-8-14-6-4-5-7-16(14)15/h4-9,11,19H,10H2,1-3H3. The second-order valence-electron chi connectivity index (χ2n) is 5.36. The van der Waals surface area contributed by atoms with Crippen molar-refractivity contribution in [1.29, 1.82) is 0 Å². The number of nitrogens with zero attached hydrogens (tertiary/aromatic N) is 2. The molecule has 3 rings (SSSR count). The van der Waals surface area contributed by atoms with Gasteiger partial charge in [-0.2, -0.15) is 0 Å². The number of benzene rings is 1. The third-order valence-corrected chi connectivity index (χ3v) is 3.87. The molecule has 1 N–H and O–H groups in total. The van der Waals surface area contributed by atoms with Gasteiger partial charge in [0.1, 0.15) is 5.76 Å². The van der Waals surface area contributed by atoms with Gasteiger partial charge < -0.3 is 9.84 Å². The molecule has 108 valence electrons. The average molecular weight is 281 g/mol. The highest BCUT2D eigenvalue weighted by atomic mass is 16.5. The molecule has 0 aliphatic carbocycles. The molecule has 21 heavy (non-hydrogen) atoms. The lowest BCUT2D eigenvalue weighted by Gasteiger charge is -2.14. The quantitative estimate of drug-likeness (QED) is 0.792. The summed E-state index contributed by atoms with van der Waals surface area (Å²) in [5.74, 6) is 0.878. The first-order chi connectivity index (χ1) is 10.2. The summed E-state index contributed by atoms with van der Waals surface area (Å²) in [6, 6.07) is 8.50. The molecule has 2 aromatic heterocycles. The Balaban J connectivity index is 1.81. The van der Waals surface area contributed by atoms with Crippen LogP contribution in [0.25, 0.3) is 10.8 Å². The maximum atomic E-state index is 5.24. The molecular weight excluding hydrogens is 262 g/mol. The Kier molecular flexibility index (Phi) is 3.71. The molecule has 0 radical (unpaired) electrons. The van der Waals surface area contributed by atoms with Crippen molar-refractivity contribution in [1.82, 2.24) is 15.5 Å². The van der Waals surface area contributed by atoms with Crippen LogP contribution in [0.5, 0.6) is 0 Å². The van der Waals surface area contributed by atoms with Gasteiger partial charge in [-0.1, -0.05) is 29.4 Å². The van der Waals surface area contributed by atoms with Crippen molar-refractivity contribution in [2.75, 3.05) is 0 Å². The highest BCUT2D eigenvalue weighted by Gasteiger charge is 2.16. The zero-order chi connectivity index (χ0) is 14.8. The lowest BCUT2D eigenvalue weighted by Crippen LogP contribution is -2.19. The molecule has 1 atom stereocenters. The average Bonchev–Trinajstić information content (AvgIpc) is 2.84. The first-order valence-corrected chi connectivity index (χ1v) is 7.14. The molecule has 0 spiro atoms. The molecule has 0 aliphatic heterocycles. The minimum Gasteiger partial charge on any atom is -0.361 e. The van der Waals surface area contributed by atoms with Crippen LogP contribution in [0.2, 0.25) is 0 Å². The Hall–Kier alpha value is -2.20. The van der Waals surface area contributed by atoms with E-state index in [4.69, 9.17) is 4.52 Å². The summed E-state index contributed by atoms with van der Waals surface area (Å²) in [7, 11) is 0. The van der Waals surface area contributed by atoms with Crippen LogP contribution in [0, 0.1) is 13.8 Å². The van der Waals surface area contributed by atoms with E-state index in [-0.39, 0.29) is 6.04 Å². The van der Waals surface area contributed by atoms with E-state index in [2.05, 4.69) is 40.6 Å². The van der Waals surface area contributed by atoms with Gasteiger partial charge in [0, 0.05) is 35.9 Å². The molecule has 0 aliphatic rings. The van der Waals surface area contributed by atoms with E-state index in [1.807, 2.05) is 32.3 Å². The van der Waals surface area contributed by atoms with Gasteiger partial charge >= 0.3 is 0 Å². The van der Waals surface area contributed by atoms with Gasteiger partial charge in [-0.05, 0) is 31.7 Å². The van der Waals surface area contributed by atoms with Gasteiger partial charge in [0.2, 0.25) is 0 Å². The van der Waals surface area contributed by atoms with Gasteiger partial charge in [-0.25, -0.2) is 0 Å². The molecule has 0 amide bonds. The topological polar surface area (TPSA) is 51.0 Å². The van der Waals surface area contributed by atoms with E-state index < -0.39 is 0 Å². The van der Waals surface area contributed by atoms with Crippen LogP contribution in [0.3, 0.4) is 0 Å². The molecule has 3 aromatic rings. The molecule has 0 saturated heterocycles. The second-order valence-corrected chi connectivity index (χ2v) is 5.36. The summed E-state index contributed by atoms with van der Waals surface area (Å²) in [6.07, 6.45) is 3.83. The minimum atomic E-state index is 0.190. The maximum Gasteiger partial charge on any atom is 0.138 e. The molecule has 4 nitrogen and oxygen atoms in total. The molecule has 4 heteroatoms. The van der Waals surface area contributed by atoms with Crippen LogP contribution >= 0.6 is 0 Å². The van der Waals surface area contributed by atoms with E-state index in [0.717, 1.165) is 23.6 Å². The van der Waals surface area contributed by atoms with Crippen molar-refractivity contribution in [2.24, 2.45) is 0 Å². The Morgan fingerprint density at radius 3 is 2.76 bits per heavy atom. The van der Waals surface area contributed by atoms with Crippen molar-refractivity contribution >= 4 is 10.8 Å². The SMILES string of the molecule is Cc1noc(C)c1C(C)NCc1cncc2ccccc12. The Morgan fingerprint density at radius 2 is 2.00 bits per heavy atom. The normalized spacial score (nSPS) is 12.7. The lowest BCUT2D eigenvalue weighted by atomic mass is 10.1. The second kappa shape index (κ2) is 5.66. The Morgan fingerprint density at radius 1 is 1.19 bits per heavy atom. The van der Waals surface area contributed by atoms with Gasteiger partial charge in [0.05, 0.1) is 5.69 Å². The van der Waals surface area contributed by atoms with E-state index in [0.29, 0.717) is 0 Å². The molecular formula is C17H19N3O. The molecule has 1 unspecified atom stereocenters. The van der Waals surface area contributed by atoms with Crippen LogP contribution in [-0.4, -0.2) is 10.1 Å². The summed E-state index contributed by atoms with van der Waals surface area (Å²) in [4.78, 5) is 4.32. The summed E-state index contributed by atoms with van der Waals surface area (Å²) in [6.45, 7) is 6.82. The smallest absolute Gasteiger partial charge is 0.138 e. The first kappa shape index (κ1) is 13.8. The van der Waals surface area contributed by atoms with Crippen molar-refractivity contribution < 1.29 is 4.52 Å². The van der Waals surface area contributed by atoms with Crippen molar-refractivity contribution in [3.63, 3.8) is 0 Å². The van der Waals surface area contributed by atoms with Gasteiger partial charge in [0.15, 0.2) is 0 Å². The summed E-state index contributed by atoms with van der Waals surface area (Å²) >= 11 is 0. The number of hydrogen-bond acceptors (Lipinski definition) is 4.